The van der Waals surface area contributed by atoms with Crippen molar-refractivity contribution in [3.8, 4) is 0 Å². The third-order valence-electron chi connectivity index (χ3n) is 8.15. The summed E-state index contributed by atoms with van der Waals surface area (Å²) in [4.78, 5) is 44.7. The maximum atomic E-state index is 13.8. The average molecular weight is 630 g/mol. The largest absolute Gasteiger partial charge is 0.379 e. The van der Waals surface area contributed by atoms with E-state index in [1.165, 1.54) is 4.31 Å². The summed E-state index contributed by atoms with van der Waals surface area (Å²) < 4.78 is 40.8. The fraction of sp³-hybridized carbons (Fsp3) is 0.846. The van der Waals surface area contributed by atoms with E-state index in [0.29, 0.717) is 45.9 Å². The van der Waals surface area contributed by atoms with Gasteiger partial charge >= 0.3 is 0 Å². The van der Waals surface area contributed by atoms with Crippen molar-refractivity contribution in [2.75, 3.05) is 91.9 Å². The number of nitrogens with zero attached hydrogens (tertiary/aromatic N) is 4. The van der Waals surface area contributed by atoms with Gasteiger partial charge in [0.25, 0.3) is 10.2 Å². The van der Waals surface area contributed by atoms with Crippen LogP contribution in [0.5, 0.6) is 0 Å². The Morgan fingerprint density at radius 1 is 0.953 bits per heavy atom. The average Bonchev–Trinajstić information content (AvgIpc) is 3.84. The van der Waals surface area contributed by atoms with Crippen molar-refractivity contribution in [1.82, 2.24) is 34.4 Å². The number of guanidine groups is 1. The van der Waals surface area contributed by atoms with Gasteiger partial charge in [0.05, 0.1) is 39.4 Å². The van der Waals surface area contributed by atoms with Gasteiger partial charge in [0.1, 0.15) is 6.04 Å². The van der Waals surface area contributed by atoms with Crippen molar-refractivity contribution in [3.63, 3.8) is 0 Å². The van der Waals surface area contributed by atoms with Gasteiger partial charge in [-0.15, -0.1) is 0 Å². The molecule has 3 heterocycles. The van der Waals surface area contributed by atoms with Gasteiger partial charge in [-0.1, -0.05) is 0 Å². The van der Waals surface area contributed by atoms with Crippen LogP contribution in [0.15, 0.2) is 0 Å². The van der Waals surface area contributed by atoms with Gasteiger partial charge in [0, 0.05) is 64.9 Å². The summed E-state index contributed by atoms with van der Waals surface area (Å²) in [5.41, 5.74) is 5.63. The molecule has 1 saturated carbocycles. The quantitative estimate of drug-likeness (QED) is 0.0978. The first-order chi connectivity index (χ1) is 20.6. The van der Waals surface area contributed by atoms with Crippen LogP contribution >= 0.6 is 0 Å². The first-order valence-corrected chi connectivity index (χ1v) is 16.6. The lowest BCUT2D eigenvalue weighted by atomic mass is 9.98. The predicted octanol–water partition coefficient (Wildman–Crippen LogP) is -2.93. The minimum atomic E-state index is -4.07. The molecule has 6 N–H and O–H groups in total. The van der Waals surface area contributed by atoms with Gasteiger partial charge in [0.15, 0.2) is 5.96 Å². The van der Waals surface area contributed by atoms with Crippen LogP contribution in [0.4, 0.5) is 0 Å². The van der Waals surface area contributed by atoms with Gasteiger partial charge in [-0.2, -0.15) is 17.4 Å². The molecule has 3 aliphatic heterocycles. The summed E-state index contributed by atoms with van der Waals surface area (Å²) in [7, 11) is -4.07. The number of ether oxygens (including phenoxy) is 2. The van der Waals surface area contributed by atoms with Crippen molar-refractivity contribution in [2.24, 2.45) is 11.7 Å². The Morgan fingerprint density at radius 3 is 2.28 bits per heavy atom. The standard InChI is InChI=1S/C26H47N9O7S/c27-26(28)33-6-1-2-20(18-33)17-30-23(36)16-22(31-43(39,40)34-10-14-42-15-11-34)25(38)35(21-3-4-21)7-5-29-24(37)19-32-8-12-41-13-9-32/h20-22,31H,1-19H2,(H3,27,28)(H,29,37)(H,30,36)/t20-,22-/m0/s1. The smallest absolute Gasteiger partial charge is 0.280 e. The van der Waals surface area contributed by atoms with Crippen molar-refractivity contribution >= 4 is 33.9 Å². The Bertz CT molecular complexity index is 1080. The molecule has 0 spiro atoms. The van der Waals surface area contributed by atoms with Gasteiger partial charge in [-0.05, 0) is 31.6 Å². The molecule has 43 heavy (non-hydrogen) atoms. The van der Waals surface area contributed by atoms with E-state index in [2.05, 4.69) is 15.4 Å². The van der Waals surface area contributed by atoms with E-state index in [-0.39, 0.29) is 76.2 Å². The maximum absolute atomic E-state index is 13.8. The molecule has 1 aliphatic carbocycles. The fourth-order valence-electron chi connectivity index (χ4n) is 5.58. The Hall–Kier alpha value is -2.57. The third kappa shape index (κ3) is 10.5. The summed E-state index contributed by atoms with van der Waals surface area (Å²) in [5.74, 6) is -1.00. The minimum absolute atomic E-state index is 0.00309. The van der Waals surface area contributed by atoms with Crippen LogP contribution in [-0.2, 0) is 34.1 Å². The number of rotatable bonds is 14. The molecule has 4 rings (SSSR count). The summed E-state index contributed by atoms with van der Waals surface area (Å²) >= 11 is 0. The highest BCUT2D eigenvalue weighted by Gasteiger charge is 2.39. The topological polar surface area (TPSA) is 203 Å². The lowest BCUT2D eigenvalue weighted by molar-refractivity contribution is -0.136. The van der Waals surface area contributed by atoms with Crippen LogP contribution in [0.1, 0.15) is 32.1 Å². The van der Waals surface area contributed by atoms with E-state index in [1.54, 1.807) is 9.80 Å². The number of morpholine rings is 2. The van der Waals surface area contributed by atoms with Gasteiger partial charge < -0.3 is 35.6 Å². The van der Waals surface area contributed by atoms with Crippen LogP contribution in [0.3, 0.4) is 0 Å². The van der Waals surface area contributed by atoms with Gasteiger partial charge in [-0.3, -0.25) is 24.7 Å². The van der Waals surface area contributed by atoms with Crippen LogP contribution in [0.2, 0.25) is 0 Å². The Labute approximate surface area is 253 Å². The molecule has 3 amide bonds. The number of nitrogens with one attached hydrogen (secondary N) is 4. The predicted molar refractivity (Wildman–Crippen MR) is 157 cm³/mol. The number of nitrogens with two attached hydrogens (primary N) is 1. The molecule has 244 valence electrons. The van der Waals surface area contributed by atoms with E-state index in [4.69, 9.17) is 20.6 Å². The molecule has 0 radical (unpaired) electrons. The van der Waals surface area contributed by atoms with Crippen LogP contribution in [0, 0.1) is 11.3 Å². The molecule has 0 aromatic heterocycles. The second-order valence-corrected chi connectivity index (χ2v) is 13.2. The first kappa shape index (κ1) is 33.3. The second-order valence-electron chi connectivity index (χ2n) is 11.5. The zero-order valence-corrected chi connectivity index (χ0v) is 25.6. The molecule has 0 bridgehead atoms. The van der Waals surface area contributed by atoms with Gasteiger partial charge in [0.2, 0.25) is 17.7 Å². The Balaban J connectivity index is 1.36. The zero-order chi connectivity index (χ0) is 30.8. The van der Waals surface area contributed by atoms with Crippen LogP contribution < -0.4 is 21.1 Å². The van der Waals surface area contributed by atoms with E-state index >= 15 is 0 Å². The molecule has 4 aliphatic rings. The summed E-state index contributed by atoms with van der Waals surface area (Å²) in [6.07, 6.45) is 2.90. The Morgan fingerprint density at radius 2 is 1.63 bits per heavy atom. The van der Waals surface area contributed by atoms with Crippen molar-refractivity contribution in [2.45, 2.75) is 44.2 Å². The number of hydrogen-bond acceptors (Lipinski definition) is 9. The van der Waals surface area contributed by atoms with Crippen LogP contribution in [-0.4, -0.2) is 155 Å². The molecule has 0 aromatic rings. The Kier molecular flexibility index (Phi) is 12.4. The summed E-state index contributed by atoms with van der Waals surface area (Å²) in [6, 6.07) is -1.38. The number of piperidine rings is 1. The molecule has 16 nitrogen and oxygen atoms in total. The van der Waals surface area contributed by atoms with E-state index in [0.717, 1.165) is 25.7 Å². The van der Waals surface area contributed by atoms with Crippen molar-refractivity contribution < 1.29 is 32.3 Å². The third-order valence-corrected chi connectivity index (χ3v) is 9.78. The molecular formula is C26H47N9O7S. The number of amides is 3. The highest BCUT2D eigenvalue weighted by molar-refractivity contribution is 7.87. The molecular weight excluding hydrogens is 582 g/mol. The molecule has 0 aromatic carbocycles. The van der Waals surface area contributed by atoms with Gasteiger partial charge in [-0.25, -0.2) is 0 Å². The van der Waals surface area contributed by atoms with Crippen LogP contribution in [0.25, 0.3) is 0 Å². The number of hydrogen-bond donors (Lipinski definition) is 5. The fourth-order valence-corrected chi connectivity index (χ4v) is 6.90. The highest BCUT2D eigenvalue weighted by Crippen LogP contribution is 2.27. The minimum Gasteiger partial charge on any atom is -0.379 e. The second kappa shape index (κ2) is 15.9. The zero-order valence-electron chi connectivity index (χ0n) is 24.8. The summed E-state index contributed by atoms with van der Waals surface area (Å²) in [5, 5.41) is 13.4. The lowest BCUT2D eigenvalue weighted by Gasteiger charge is -2.33. The molecule has 2 atom stereocenters. The maximum Gasteiger partial charge on any atom is 0.280 e. The molecule has 3 saturated heterocycles. The van der Waals surface area contributed by atoms with E-state index < -0.39 is 28.1 Å². The number of carbonyl (C=O) groups excluding carboxylic acids is 3. The monoisotopic (exact) mass is 629 g/mol. The van der Waals surface area contributed by atoms with Crippen molar-refractivity contribution in [3.05, 3.63) is 0 Å². The molecule has 0 unspecified atom stereocenters. The molecule has 17 heteroatoms. The number of likely N-dealkylation sites (tertiary alicyclic amines) is 1. The highest BCUT2D eigenvalue weighted by atomic mass is 32.2. The number of carbonyl (C=O) groups is 3. The lowest BCUT2D eigenvalue weighted by Crippen LogP contribution is -2.56. The normalized spacial score (nSPS) is 22.9. The first-order valence-electron chi connectivity index (χ1n) is 15.2. The SMILES string of the molecule is N=C(N)N1CCC[C@@H](CNC(=O)C[C@H](NS(=O)(=O)N2CCOCC2)C(=O)N(CCNC(=O)CN2CCOCC2)C2CC2)C1. The summed E-state index contributed by atoms with van der Waals surface area (Å²) in [6.45, 7) is 5.59. The van der Waals surface area contributed by atoms with E-state index in [1.807, 2.05) is 4.90 Å². The van der Waals surface area contributed by atoms with Crippen molar-refractivity contribution in [1.29, 1.82) is 5.41 Å². The van der Waals surface area contributed by atoms with E-state index in [9.17, 15) is 22.8 Å². The molecule has 4 fully saturated rings.